The van der Waals surface area contributed by atoms with Gasteiger partial charge in [-0.05, 0) is 48.8 Å². The number of rotatable bonds is 5. The van der Waals surface area contributed by atoms with Crippen molar-refractivity contribution in [3.05, 3.63) is 35.4 Å². The summed E-state index contributed by atoms with van der Waals surface area (Å²) in [5, 5.41) is 8.93. The van der Waals surface area contributed by atoms with E-state index in [2.05, 4.69) is 10.8 Å². The fourth-order valence-electron chi connectivity index (χ4n) is 3.19. The van der Waals surface area contributed by atoms with E-state index in [1.807, 2.05) is 6.07 Å². The smallest absolute Gasteiger partial charge is 0.237 e. The third-order valence-corrected chi connectivity index (χ3v) is 6.05. The zero-order valence-corrected chi connectivity index (χ0v) is 14.1. The molecule has 2 atom stereocenters. The minimum Gasteiger partial charge on any atom is -0.381 e. The number of nitriles is 1. The van der Waals surface area contributed by atoms with Gasteiger partial charge in [-0.1, -0.05) is 12.1 Å². The van der Waals surface area contributed by atoms with Gasteiger partial charge in [0, 0.05) is 19.1 Å². The summed E-state index contributed by atoms with van der Waals surface area (Å²) in [6.07, 6.45) is 2.04. The maximum absolute atomic E-state index is 12.2. The fourth-order valence-corrected chi connectivity index (χ4v) is 4.68. The molecule has 2 aliphatic rings. The third-order valence-electron chi connectivity index (χ3n) is 4.62. The Balaban J connectivity index is 1.56. The van der Waals surface area contributed by atoms with Gasteiger partial charge in [-0.25, -0.2) is 8.42 Å². The molecule has 2 unspecified atom stereocenters. The molecule has 0 spiro atoms. The van der Waals surface area contributed by atoms with Crippen LogP contribution in [0.5, 0.6) is 0 Å². The summed E-state index contributed by atoms with van der Waals surface area (Å²) in [6.45, 7) is 1.15. The third kappa shape index (κ3) is 4.13. The molecule has 128 valence electrons. The van der Waals surface area contributed by atoms with Crippen molar-refractivity contribution in [2.45, 2.75) is 25.2 Å². The minimum absolute atomic E-state index is 0.00317. The van der Waals surface area contributed by atoms with Crippen molar-refractivity contribution >= 4 is 15.9 Å². The van der Waals surface area contributed by atoms with Crippen molar-refractivity contribution in [1.29, 1.82) is 5.26 Å². The molecule has 1 N–H and O–H groups in total. The predicted molar refractivity (Wildman–Crippen MR) is 87.5 cm³/mol. The Hall–Kier alpha value is -1.91. The number of carbonyl (C=O) groups excluding carboxylic acids is 1. The highest BCUT2D eigenvalue weighted by molar-refractivity contribution is 7.90. The molecule has 0 radical (unpaired) electrons. The van der Waals surface area contributed by atoms with Gasteiger partial charge >= 0.3 is 0 Å². The number of hydrogen-bond donors (Lipinski definition) is 1. The summed E-state index contributed by atoms with van der Waals surface area (Å²) in [5.41, 5.74) is 1.46. The Labute approximate surface area is 141 Å². The number of nitrogens with one attached hydrogen (secondary N) is 1. The summed E-state index contributed by atoms with van der Waals surface area (Å²) in [5.74, 6) is -0.746. The van der Waals surface area contributed by atoms with E-state index in [1.165, 1.54) is 0 Å². The van der Waals surface area contributed by atoms with E-state index >= 15 is 0 Å². The topological polar surface area (TPSA) is 96.3 Å². The zero-order chi connectivity index (χ0) is 17.2. The number of benzene rings is 1. The maximum Gasteiger partial charge on any atom is 0.237 e. The summed E-state index contributed by atoms with van der Waals surface area (Å²) >= 11 is 0. The Morgan fingerprint density at radius 3 is 2.79 bits per heavy atom. The van der Waals surface area contributed by atoms with Crippen LogP contribution in [-0.4, -0.2) is 33.3 Å². The Morgan fingerprint density at radius 1 is 1.33 bits per heavy atom. The van der Waals surface area contributed by atoms with Gasteiger partial charge in [0.2, 0.25) is 15.9 Å². The normalized spacial score (nSPS) is 24.1. The van der Waals surface area contributed by atoms with Gasteiger partial charge in [0.15, 0.2) is 0 Å². The maximum atomic E-state index is 12.2. The summed E-state index contributed by atoms with van der Waals surface area (Å²) in [6, 6.07) is 9.19. The largest absolute Gasteiger partial charge is 0.381 e. The Morgan fingerprint density at radius 2 is 2.08 bits per heavy atom. The standard InChI is InChI=1S/C17H20N2O4S/c18-10-13-2-1-3-14(8-13)15-9-16(15)17(20)19-24(21,22)11-12-4-6-23-7-5-12/h1-3,8,12,15-16H,4-7,9,11H2,(H,19,20). The quantitative estimate of drug-likeness (QED) is 0.870. The van der Waals surface area contributed by atoms with E-state index in [0.29, 0.717) is 38.0 Å². The second kappa shape index (κ2) is 6.91. The molecular formula is C17H20N2O4S. The first-order valence-electron chi connectivity index (χ1n) is 8.10. The second-order valence-electron chi connectivity index (χ2n) is 6.49. The first-order chi connectivity index (χ1) is 11.5. The number of sulfonamides is 1. The number of amides is 1. The van der Waals surface area contributed by atoms with Crippen molar-refractivity contribution in [2.75, 3.05) is 19.0 Å². The Kier molecular flexibility index (Phi) is 4.88. The second-order valence-corrected chi connectivity index (χ2v) is 8.26. The fraction of sp³-hybridized carbons (Fsp3) is 0.529. The van der Waals surface area contributed by atoms with Crippen molar-refractivity contribution in [3.63, 3.8) is 0 Å². The first kappa shape index (κ1) is 16.9. The first-order valence-corrected chi connectivity index (χ1v) is 9.76. The molecular weight excluding hydrogens is 328 g/mol. The average molecular weight is 348 g/mol. The lowest BCUT2D eigenvalue weighted by Gasteiger charge is -2.21. The molecule has 1 saturated heterocycles. The summed E-state index contributed by atoms with van der Waals surface area (Å²) < 4.78 is 31.8. The van der Waals surface area contributed by atoms with Gasteiger partial charge in [0.25, 0.3) is 0 Å². The summed E-state index contributed by atoms with van der Waals surface area (Å²) in [7, 11) is -3.61. The Bertz CT molecular complexity index is 763. The van der Waals surface area contributed by atoms with Gasteiger partial charge in [-0.3, -0.25) is 9.52 Å². The molecule has 7 heteroatoms. The highest BCUT2D eigenvalue weighted by atomic mass is 32.2. The molecule has 0 aromatic heterocycles. The van der Waals surface area contributed by atoms with Crippen LogP contribution in [0.2, 0.25) is 0 Å². The van der Waals surface area contributed by atoms with Gasteiger partial charge in [0.05, 0.1) is 17.4 Å². The van der Waals surface area contributed by atoms with Crippen LogP contribution in [0.15, 0.2) is 24.3 Å². The van der Waals surface area contributed by atoms with E-state index < -0.39 is 15.9 Å². The van der Waals surface area contributed by atoms with Crippen LogP contribution in [0.1, 0.15) is 36.3 Å². The molecule has 1 aliphatic carbocycles. The highest BCUT2D eigenvalue weighted by Crippen LogP contribution is 2.47. The highest BCUT2D eigenvalue weighted by Gasteiger charge is 2.45. The number of hydrogen-bond acceptors (Lipinski definition) is 5. The molecule has 6 nitrogen and oxygen atoms in total. The van der Waals surface area contributed by atoms with E-state index in [1.54, 1.807) is 18.2 Å². The van der Waals surface area contributed by atoms with Crippen molar-refractivity contribution in [3.8, 4) is 6.07 Å². The lowest BCUT2D eigenvalue weighted by molar-refractivity contribution is -0.120. The summed E-state index contributed by atoms with van der Waals surface area (Å²) in [4.78, 5) is 12.2. The van der Waals surface area contributed by atoms with E-state index in [9.17, 15) is 13.2 Å². The van der Waals surface area contributed by atoms with Gasteiger partial charge in [0.1, 0.15) is 0 Å². The monoisotopic (exact) mass is 348 g/mol. The molecule has 0 bridgehead atoms. The molecule has 1 aromatic rings. The average Bonchev–Trinajstić information content (AvgIpc) is 3.36. The van der Waals surface area contributed by atoms with E-state index in [0.717, 1.165) is 5.56 Å². The van der Waals surface area contributed by atoms with Crippen LogP contribution in [-0.2, 0) is 19.6 Å². The van der Waals surface area contributed by atoms with Crippen LogP contribution >= 0.6 is 0 Å². The molecule has 2 fully saturated rings. The van der Waals surface area contributed by atoms with Crippen molar-refractivity contribution < 1.29 is 17.9 Å². The van der Waals surface area contributed by atoms with Crippen molar-refractivity contribution in [1.82, 2.24) is 4.72 Å². The molecule has 1 saturated carbocycles. The number of ether oxygens (including phenoxy) is 1. The molecule has 1 aliphatic heterocycles. The molecule has 1 heterocycles. The van der Waals surface area contributed by atoms with Gasteiger partial charge < -0.3 is 4.74 Å². The van der Waals surface area contributed by atoms with Crippen LogP contribution in [0.3, 0.4) is 0 Å². The molecule has 24 heavy (non-hydrogen) atoms. The molecule has 3 rings (SSSR count). The van der Waals surface area contributed by atoms with Crippen LogP contribution in [0.4, 0.5) is 0 Å². The van der Waals surface area contributed by atoms with Gasteiger partial charge in [-0.15, -0.1) is 0 Å². The van der Waals surface area contributed by atoms with Crippen LogP contribution in [0, 0.1) is 23.2 Å². The predicted octanol–water partition coefficient (Wildman–Crippen LogP) is 1.53. The molecule has 1 amide bonds. The number of carbonyl (C=O) groups is 1. The van der Waals surface area contributed by atoms with E-state index in [4.69, 9.17) is 10.00 Å². The minimum atomic E-state index is -3.61. The molecule has 1 aromatic carbocycles. The zero-order valence-electron chi connectivity index (χ0n) is 13.3. The van der Waals surface area contributed by atoms with Crippen LogP contribution < -0.4 is 4.72 Å². The lowest BCUT2D eigenvalue weighted by atomic mass is 10.0. The SMILES string of the molecule is N#Cc1cccc(C2CC2C(=O)NS(=O)(=O)CC2CCOCC2)c1. The van der Waals surface area contributed by atoms with E-state index in [-0.39, 0.29) is 23.5 Å². The van der Waals surface area contributed by atoms with Crippen molar-refractivity contribution in [2.24, 2.45) is 11.8 Å². The number of nitrogens with zero attached hydrogens (tertiary/aromatic N) is 1. The van der Waals surface area contributed by atoms with Gasteiger partial charge in [-0.2, -0.15) is 5.26 Å². The van der Waals surface area contributed by atoms with Crippen LogP contribution in [0.25, 0.3) is 0 Å². The lowest BCUT2D eigenvalue weighted by Crippen LogP contribution is -2.37.